The third-order valence-corrected chi connectivity index (χ3v) is 5.10. The molecule has 2 heterocycles. The molecule has 0 aliphatic carbocycles. The summed E-state index contributed by atoms with van der Waals surface area (Å²) in [6, 6.07) is 0. The fourth-order valence-electron chi connectivity index (χ4n) is 2.02. The van der Waals surface area contributed by atoms with Crippen molar-refractivity contribution in [2.45, 2.75) is 24.9 Å². The predicted octanol–water partition coefficient (Wildman–Crippen LogP) is -12.3. The maximum Gasteiger partial charge on any atom is 1.00 e. The number of H-pyrrole nitrogens is 1. The molecule has 1 aromatic heterocycles. The topological polar surface area (TPSA) is 206 Å². The Labute approximate surface area is 222 Å². The second-order valence-electron chi connectivity index (χ2n) is 4.85. The van der Waals surface area contributed by atoms with Crippen molar-refractivity contribution in [3.63, 3.8) is 0 Å². The van der Waals surface area contributed by atoms with Crippen LogP contribution in [0.5, 0.6) is 0 Å². The number of halogens is 1. The Bertz CT molecular complexity index is 860. The summed E-state index contributed by atoms with van der Waals surface area (Å²) in [6.45, 7) is -0.945. The number of nitrogens with one attached hydrogen (secondary N) is 1. The molecule has 0 spiro atoms. The second kappa shape index (κ2) is 12.7. The van der Waals surface area contributed by atoms with Gasteiger partial charge in [0.15, 0.2) is 0 Å². The summed E-state index contributed by atoms with van der Waals surface area (Å²) < 4.78 is 47.7. The van der Waals surface area contributed by atoms with Crippen molar-refractivity contribution in [1.29, 1.82) is 0 Å². The first-order valence-electron chi connectivity index (χ1n) is 6.41. The van der Waals surface area contributed by atoms with Crippen LogP contribution in [0.1, 0.15) is 12.6 Å². The van der Waals surface area contributed by atoms with Gasteiger partial charge in [-0.1, -0.05) is 0 Å². The van der Waals surface area contributed by atoms with Crippen LogP contribution < -0.4 is 115 Å². The minimum Gasteiger partial charge on any atom is -0.790 e. The molecule has 13 nitrogen and oxygen atoms in total. The molecular weight excluding hydrogens is 462 g/mol. The molecule has 2 rings (SSSR count). The molecule has 1 aliphatic heterocycles. The Morgan fingerprint density at radius 2 is 1.86 bits per heavy atom. The van der Waals surface area contributed by atoms with Gasteiger partial charge in [0.25, 0.3) is 13.4 Å². The van der Waals surface area contributed by atoms with Gasteiger partial charge in [-0.3, -0.25) is 23.2 Å². The molecule has 1 saturated heterocycles. The molecular formula is C9H10FN2Na3O11P2. The summed E-state index contributed by atoms with van der Waals surface area (Å²) >= 11 is 0. The van der Waals surface area contributed by atoms with E-state index >= 15 is 0 Å². The van der Waals surface area contributed by atoms with Crippen LogP contribution in [0, 0.1) is 5.82 Å². The zero-order valence-corrected chi connectivity index (χ0v) is 22.8. The smallest absolute Gasteiger partial charge is 0.790 e. The molecule has 1 fully saturated rings. The average molecular weight is 472 g/mol. The van der Waals surface area contributed by atoms with Gasteiger partial charge in [0.1, 0.15) is 12.3 Å². The van der Waals surface area contributed by atoms with Gasteiger partial charge >= 0.3 is 94.4 Å². The largest absolute Gasteiger partial charge is 1.00 e. The molecule has 19 heteroatoms. The van der Waals surface area contributed by atoms with Crippen LogP contribution >= 0.6 is 15.6 Å². The van der Waals surface area contributed by atoms with Crippen molar-refractivity contribution in [2.75, 3.05) is 6.61 Å². The Morgan fingerprint density at radius 1 is 1.29 bits per heavy atom. The van der Waals surface area contributed by atoms with Crippen LogP contribution in [0.2, 0.25) is 0 Å². The van der Waals surface area contributed by atoms with Crippen LogP contribution in [0.3, 0.4) is 0 Å². The molecule has 0 radical (unpaired) electrons. The summed E-state index contributed by atoms with van der Waals surface area (Å²) in [5, 5.41) is 9.77. The molecule has 0 bridgehead atoms. The molecule has 2 N–H and O–H groups in total. The summed E-state index contributed by atoms with van der Waals surface area (Å²) in [5.74, 6) is -1.29. The summed E-state index contributed by atoms with van der Waals surface area (Å²) in [7, 11) is -11.4. The standard InChI is InChI=1S/C9H13FN2O11P2.3Na/c10-4-2-12(9(15)11-8(4)14)7-1-5(13)6(22-7)3-21-25(19,20)23-24(16,17)18;;;/h2,5-7,13H,1,3H2,(H,19,20)(H,11,14,15)(H2,16,17,18);;;/q;3*+1/p-3/t5-,6+,7+;;;/m0.../s1. The van der Waals surface area contributed by atoms with E-state index in [-0.39, 0.29) is 95.1 Å². The van der Waals surface area contributed by atoms with Crippen LogP contribution in [0.25, 0.3) is 0 Å². The van der Waals surface area contributed by atoms with E-state index in [1.54, 1.807) is 4.98 Å². The Hall–Kier alpha value is 1.79. The van der Waals surface area contributed by atoms with Gasteiger partial charge in [-0.05, 0) is 0 Å². The molecule has 142 valence electrons. The SMILES string of the molecule is O=c1[nH]c(=O)n([C@H]2C[C@H](O)[C@@H](COP(=O)([O-])OP(=O)([O-])[O-])O2)cc1F.[Na+].[Na+].[Na+]. The van der Waals surface area contributed by atoms with E-state index in [1.165, 1.54) is 0 Å². The molecule has 1 aliphatic rings. The van der Waals surface area contributed by atoms with Crippen molar-refractivity contribution in [3.05, 3.63) is 32.9 Å². The number of aliphatic hydroxyl groups excluding tert-OH is 1. The van der Waals surface area contributed by atoms with Gasteiger partial charge in [-0.2, -0.15) is 4.39 Å². The number of phosphoric acid groups is 2. The maximum absolute atomic E-state index is 13.2. The first-order chi connectivity index (χ1) is 11.4. The van der Waals surface area contributed by atoms with E-state index in [0.717, 1.165) is 0 Å². The first-order valence-corrected chi connectivity index (χ1v) is 9.33. The quantitative estimate of drug-likeness (QED) is 0.294. The first kappa shape index (κ1) is 32.0. The number of aromatic amines is 1. The van der Waals surface area contributed by atoms with E-state index in [2.05, 4.69) is 8.83 Å². The molecule has 1 unspecified atom stereocenters. The van der Waals surface area contributed by atoms with Gasteiger partial charge in [-0.25, -0.2) is 4.79 Å². The van der Waals surface area contributed by atoms with Crippen molar-refractivity contribution in [2.24, 2.45) is 0 Å². The number of aromatic nitrogens is 2. The zero-order valence-electron chi connectivity index (χ0n) is 15.0. The molecule has 1 aromatic rings. The van der Waals surface area contributed by atoms with E-state index in [4.69, 9.17) is 4.74 Å². The van der Waals surface area contributed by atoms with Gasteiger partial charge in [0.2, 0.25) is 5.82 Å². The van der Waals surface area contributed by atoms with Crippen molar-refractivity contribution in [1.82, 2.24) is 9.55 Å². The summed E-state index contributed by atoms with van der Waals surface area (Å²) in [4.78, 5) is 55.9. The van der Waals surface area contributed by atoms with E-state index < -0.39 is 57.8 Å². The average Bonchev–Trinajstić information content (AvgIpc) is 2.79. The molecule has 4 atom stereocenters. The number of nitrogens with zero attached hydrogens (tertiary/aromatic N) is 1. The fraction of sp³-hybridized carbons (Fsp3) is 0.556. The monoisotopic (exact) mass is 472 g/mol. The van der Waals surface area contributed by atoms with Gasteiger partial charge in [-0.15, -0.1) is 0 Å². The van der Waals surface area contributed by atoms with Gasteiger partial charge in [0, 0.05) is 6.42 Å². The maximum atomic E-state index is 13.2. The molecule has 0 saturated carbocycles. The second-order valence-corrected chi connectivity index (χ2v) is 7.55. The van der Waals surface area contributed by atoms with E-state index in [0.29, 0.717) is 10.8 Å². The normalized spacial score (nSPS) is 23.7. The predicted molar refractivity (Wildman–Crippen MR) is 68.1 cm³/mol. The van der Waals surface area contributed by atoms with Crippen LogP contribution in [-0.2, 0) is 22.7 Å². The molecule has 0 amide bonds. The van der Waals surface area contributed by atoms with Gasteiger partial charge in [0.05, 0.1) is 26.7 Å². The van der Waals surface area contributed by atoms with E-state index in [1.807, 2.05) is 0 Å². The fourth-order valence-corrected chi connectivity index (χ4v) is 3.52. The number of hydrogen-bond donors (Lipinski definition) is 2. The molecule has 0 aromatic carbocycles. The van der Waals surface area contributed by atoms with E-state index in [9.17, 15) is 42.9 Å². The number of hydrogen-bond acceptors (Lipinski definition) is 11. The van der Waals surface area contributed by atoms with Crippen LogP contribution in [-0.4, -0.2) is 33.5 Å². The van der Waals surface area contributed by atoms with Crippen molar-refractivity contribution < 1.29 is 136 Å². The Morgan fingerprint density at radius 3 is 2.39 bits per heavy atom. The Balaban J connectivity index is 0. The van der Waals surface area contributed by atoms with Crippen LogP contribution in [0.4, 0.5) is 4.39 Å². The minimum absolute atomic E-state index is 0. The third-order valence-electron chi connectivity index (χ3n) is 3.04. The van der Waals surface area contributed by atoms with Gasteiger partial charge < -0.3 is 33.6 Å². The number of phosphoric ester groups is 1. The number of rotatable bonds is 6. The number of aliphatic hydroxyl groups is 1. The summed E-state index contributed by atoms with van der Waals surface area (Å²) in [5.41, 5.74) is -2.30. The number of ether oxygens (including phenoxy) is 1. The van der Waals surface area contributed by atoms with Crippen LogP contribution in [0.15, 0.2) is 15.8 Å². The van der Waals surface area contributed by atoms with Crippen molar-refractivity contribution in [3.8, 4) is 0 Å². The zero-order chi connectivity index (χ0) is 19.0. The third kappa shape index (κ3) is 9.51. The Kier molecular flexibility index (Phi) is 14.5. The summed E-state index contributed by atoms with van der Waals surface area (Å²) in [6.07, 6.45) is -3.80. The van der Waals surface area contributed by atoms with Crippen molar-refractivity contribution >= 4 is 15.6 Å². The molecule has 28 heavy (non-hydrogen) atoms. The minimum atomic E-state index is -5.87.